The van der Waals surface area contributed by atoms with E-state index in [0.29, 0.717) is 6.04 Å². The molecular weight excluding hydrogens is 376 g/mol. The lowest BCUT2D eigenvalue weighted by Gasteiger charge is -2.36. The molecule has 2 aliphatic rings. The molecule has 0 radical (unpaired) electrons. The van der Waals surface area contributed by atoms with Crippen LogP contribution in [-0.4, -0.2) is 36.4 Å². The van der Waals surface area contributed by atoms with E-state index in [1.165, 1.54) is 26.6 Å². The van der Waals surface area contributed by atoms with Crippen LogP contribution in [0, 0.1) is 13.8 Å². The molecule has 3 aromatic rings. The van der Waals surface area contributed by atoms with Crippen LogP contribution in [-0.2, 0) is 6.42 Å². The Kier molecular flexibility index (Phi) is 4.86. The Morgan fingerprint density at radius 2 is 2.00 bits per heavy atom. The molecule has 0 unspecified atom stereocenters. The molecule has 5 rings (SSSR count). The lowest BCUT2D eigenvalue weighted by atomic mass is 10.0. The highest BCUT2D eigenvalue weighted by atomic mass is 32.1. The average molecular weight is 403 g/mol. The highest BCUT2D eigenvalue weighted by Crippen LogP contribution is 2.39. The van der Waals surface area contributed by atoms with E-state index in [0.717, 1.165) is 43.3 Å². The predicted octanol–water partition coefficient (Wildman–Crippen LogP) is 5.02. The summed E-state index contributed by atoms with van der Waals surface area (Å²) < 4.78 is 0. The molecule has 1 saturated heterocycles. The van der Waals surface area contributed by atoms with Crippen molar-refractivity contribution in [2.45, 2.75) is 26.3 Å². The van der Waals surface area contributed by atoms with Crippen molar-refractivity contribution in [2.75, 3.05) is 25.0 Å². The van der Waals surface area contributed by atoms with Crippen molar-refractivity contribution in [3.8, 4) is 0 Å². The van der Waals surface area contributed by atoms with Crippen LogP contribution < -0.4 is 10.6 Å². The van der Waals surface area contributed by atoms with Crippen LogP contribution in [0.15, 0.2) is 59.6 Å². The number of thiophene rings is 1. The Morgan fingerprint density at radius 1 is 1.10 bits per heavy atom. The molecule has 0 saturated carbocycles. The van der Waals surface area contributed by atoms with Gasteiger partial charge in [-0.05, 0) is 44.0 Å². The molecule has 1 fully saturated rings. The molecule has 1 atom stereocenters. The Hall–Kier alpha value is -2.63. The normalized spacial score (nSPS) is 18.3. The zero-order valence-electron chi connectivity index (χ0n) is 16.9. The largest absolute Gasteiger partial charge is 0.353 e. The molecule has 1 aromatic heterocycles. The average Bonchev–Trinajstić information content (AvgIpc) is 2.99. The second-order valence-corrected chi connectivity index (χ2v) is 9.22. The van der Waals surface area contributed by atoms with Crippen molar-refractivity contribution in [3.05, 3.63) is 76.2 Å². The van der Waals surface area contributed by atoms with Gasteiger partial charge in [0.1, 0.15) is 10.8 Å². The first-order chi connectivity index (χ1) is 14.2. The number of rotatable bonds is 2. The number of anilines is 2. The maximum atomic E-state index is 5.13. The van der Waals surface area contributed by atoms with E-state index >= 15 is 0 Å². The van der Waals surface area contributed by atoms with E-state index in [2.05, 4.69) is 84.0 Å². The van der Waals surface area contributed by atoms with Crippen molar-refractivity contribution < 1.29 is 0 Å². The fourth-order valence-corrected chi connectivity index (χ4v) is 5.19. The van der Waals surface area contributed by atoms with E-state index in [4.69, 9.17) is 4.99 Å². The lowest BCUT2D eigenvalue weighted by molar-refractivity contribution is 0.290. The number of aryl methyl sites for hydroxylation is 2. The van der Waals surface area contributed by atoms with E-state index in [1.807, 2.05) is 0 Å². The fourth-order valence-electron chi connectivity index (χ4n) is 4.27. The zero-order valence-corrected chi connectivity index (χ0v) is 17.7. The standard InChI is InChI=1S/C24H26N4S/c1-16-6-5-7-18(12-16)14-19-15-28(11-10-25-19)23-20-13-17(2)29-24(20)27-22-9-4-3-8-21(22)26-23/h3-9,12-13,19,25,27H,10-11,14-15H2,1-2H3/t19-/m0/s1. The van der Waals surface area contributed by atoms with Gasteiger partial charge < -0.3 is 15.5 Å². The van der Waals surface area contributed by atoms with E-state index in [-0.39, 0.29) is 0 Å². The maximum absolute atomic E-state index is 5.13. The van der Waals surface area contributed by atoms with E-state index in [9.17, 15) is 0 Å². The summed E-state index contributed by atoms with van der Waals surface area (Å²) in [6.07, 6.45) is 1.04. The van der Waals surface area contributed by atoms with Crippen LogP contribution in [0.2, 0.25) is 0 Å². The van der Waals surface area contributed by atoms with Crippen molar-refractivity contribution in [3.63, 3.8) is 0 Å². The van der Waals surface area contributed by atoms with Crippen LogP contribution in [0.25, 0.3) is 0 Å². The molecule has 2 aliphatic heterocycles. The topological polar surface area (TPSA) is 39.7 Å². The minimum atomic E-state index is 0.419. The second kappa shape index (κ2) is 7.65. The van der Waals surface area contributed by atoms with Gasteiger partial charge in [0.2, 0.25) is 0 Å². The van der Waals surface area contributed by atoms with Crippen molar-refractivity contribution in [1.29, 1.82) is 0 Å². The number of amidine groups is 1. The monoisotopic (exact) mass is 402 g/mol. The van der Waals surface area contributed by atoms with Gasteiger partial charge in [0, 0.05) is 30.6 Å². The Labute approximate surface area is 176 Å². The van der Waals surface area contributed by atoms with Crippen molar-refractivity contribution >= 4 is 33.5 Å². The number of aliphatic imine (C=N–C) groups is 1. The maximum Gasteiger partial charge on any atom is 0.139 e. The van der Waals surface area contributed by atoms with Crippen LogP contribution in [0.5, 0.6) is 0 Å². The van der Waals surface area contributed by atoms with Crippen LogP contribution in [0.1, 0.15) is 21.6 Å². The summed E-state index contributed by atoms with van der Waals surface area (Å²) >= 11 is 1.81. The van der Waals surface area contributed by atoms with Gasteiger partial charge in [0.05, 0.1) is 16.9 Å². The van der Waals surface area contributed by atoms with Crippen molar-refractivity contribution in [1.82, 2.24) is 10.2 Å². The predicted molar refractivity (Wildman–Crippen MR) is 123 cm³/mol. The zero-order chi connectivity index (χ0) is 19.8. The molecule has 4 nitrogen and oxygen atoms in total. The summed E-state index contributed by atoms with van der Waals surface area (Å²) in [5.41, 5.74) is 6.03. The summed E-state index contributed by atoms with van der Waals surface area (Å²) in [5.74, 6) is 1.09. The third-order valence-corrected chi connectivity index (χ3v) is 6.56. The number of nitrogens with one attached hydrogen (secondary N) is 2. The van der Waals surface area contributed by atoms with E-state index in [1.54, 1.807) is 11.3 Å². The summed E-state index contributed by atoms with van der Waals surface area (Å²) in [7, 11) is 0. The number of benzene rings is 2. The molecule has 0 amide bonds. The van der Waals surface area contributed by atoms with Gasteiger partial charge in [-0.15, -0.1) is 11.3 Å². The molecular formula is C24H26N4S. The number of piperazine rings is 1. The first kappa shape index (κ1) is 18.4. The first-order valence-electron chi connectivity index (χ1n) is 10.2. The van der Waals surface area contributed by atoms with Gasteiger partial charge in [-0.25, -0.2) is 4.99 Å². The number of hydrogen-bond acceptors (Lipinski definition) is 5. The Balaban J connectivity index is 1.46. The Bertz CT molecular complexity index is 1070. The van der Waals surface area contributed by atoms with Crippen LogP contribution >= 0.6 is 11.3 Å². The number of nitrogens with zero attached hydrogens (tertiary/aromatic N) is 2. The SMILES string of the molecule is Cc1cccc(C[C@H]2CN(C3=Nc4ccccc4Nc4sc(C)cc43)CCN2)c1. The number of para-hydroxylation sites is 2. The summed E-state index contributed by atoms with van der Waals surface area (Å²) in [5, 5.41) is 8.52. The third kappa shape index (κ3) is 3.80. The highest BCUT2D eigenvalue weighted by Gasteiger charge is 2.27. The van der Waals surface area contributed by atoms with Crippen molar-refractivity contribution in [2.24, 2.45) is 4.99 Å². The molecule has 3 heterocycles. The minimum absolute atomic E-state index is 0.419. The van der Waals surface area contributed by atoms with E-state index < -0.39 is 0 Å². The third-order valence-electron chi connectivity index (χ3n) is 5.59. The second-order valence-electron chi connectivity index (χ2n) is 7.97. The van der Waals surface area contributed by atoms with Gasteiger partial charge in [0.25, 0.3) is 0 Å². The number of hydrogen-bond donors (Lipinski definition) is 2. The highest BCUT2D eigenvalue weighted by molar-refractivity contribution is 7.16. The lowest BCUT2D eigenvalue weighted by Crippen LogP contribution is -2.53. The van der Waals surface area contributed by atoms with Gasteiger partial charge in [-0.1, -0.05) is 42.0 Å². The molecule has 2 aromatic carbocycles. The van der Waals surface area contributed by atoms with Gasteiger partial charge in [0.15, 0.2) is 0 Å². The minimum Gasteiger partial charge on any atom is -0.353 e. The van der Waals surface area contributed by atoms with Gasteiger partial charge >= 0.3 is 0 Å². The smallest absolute Gasteiger partial charge is 0.139 e. The number of fused-ring (bicyclic) bond motifs is 2. The Morgan fingerprint density at radius 3 is 2.90 bits per heavy atom. The molecule has 148 valence electrons. The van der Waals surface area contributed by atoms with Crippen LogP contribution in [0.4, 0.5) is 16.4 Å². The summed E-state index contributed by atoms with van der Waals surface area (Å²) in [6, 6.07) is 19.9. The molecule has 0 aliphatic carbocycles. The molecule has 0 bridgehead atoms. The molecule has 0 spiro atoms. The summed E-state index contributed by atoms with van der Waals surface area (Å²) in [4.78, 5) is 8.90. The molecule has 2 N–H and O–H groups in total. The van der Waals surface area contributed by atoms with Gasteiger partial charge in [-0.2, -0.15) is 0 Å². The quantitative estimate of drug-likeness (QED) is 0.632. The molecule has 29 heavy (non-hydrogen) atoms. The van der Waals surface area contributed by atoms with Crippen LogP contribution in [0.3, 0.4) is 0 Å². The first-order valence-corrected chi connectivity index (χ1v) is 11.1. The summed E-state index contributed by atoms with van der Waals surface area (Å²) in [6.45, 7) is 7.24. The molecule has 5 heteroatoms. The fraction of sp³-hybridized carbons (Fsp3) is 0.292. The van der Waals surface area contributed by atoms with Gasteiger partial charge in [-0.3, -0.25) is 0 Å².